The van der Waals surface area contributed by atoms with Crippen LogP contribution in [0.4, 0.5) is 5.13 Å². The number of carbonyl (C=O) groups excluding carboxylic acids is 1. The van der Waals surface area contributed by atoms with Gasteiger partial charge in [0.15, 0.2) is 16.6 Å². The molecule has 0 unspecified atom stereocenters. The standard InChI is InChI=1S/C19H16Cl2N2O4S/c1-25-15-8-17(27-3)16(26-2)7-12(15)18(24)23-19-22-14(9-28-19)11-6-10(20)4-5-13(11)21/h4-9H,1-3H3,(H,22,23,24). The number of hydrogen-bond acceptors (Lipinski definition) is 6. The molecular weight excluding hydrogens is 423 g/mol. The minimum atomic E-state index is -0.393. The zero-order valence-electron chi connectivity index (χ0n) is 15.2. The van der Waals surface area contributed by atoms with Gasteiger partial charge in [0.25, 0.3) is 5.91 Å². The molecule has 1 amide bonds. The zero-order valence-corrected chi connectivity index (χ0v) is 17.5. The number of carbonyl (C=O) groups is 1. The van der Waals surface area contributed by atoms with Gasteiger partial charge in [-0.05, 0) is 18.2 Å². The Morgan fingerprint density at radius 1 is 1.00 bits per heavy atom. The van der Waals surface area contributed by atoms with Crippen LogP contribution in [-0.4, -0.2) is 32.2 Å². The highest BCUT2D eigenvalue weighted by molar-refractivity contribution is 7.14. The largest absolute Gasteiger partial charge is 0.496 e. The summed E-state index contributed by atoms with van der Waals surface area (Å²) >= 11 is 13.5. The van der Waals surface area contributed by atoms with Crippen LogP contribution >= 0.6 is 34.5 Å². The zero-order chi connectivity index (χ0) is 20.3. The van der Waals surface area contributed by atoms with Crippen LogP contribution < -0.4 is 19.5 Å². The topological polar surface area (TPSA) is 69.7 Å². The lowest BCUT2D eigenvalue weighted by Gasteiger charge is -2.13. The molecule has 0 radical (unpaired) electrons. The number of benzene rings is 2. The first kappa shape index (κ1) is 20.3. The second-order valence-corrected chi connectivity index (χ2v) is 7.23. The number of halogens is 2. The molecule has 0 spiro atoms. The lowest BCUT2D eigenvalue weighted by atomic mass is 10.1. The molecule has 0 aliphatic carbocycles. The number of nitrogens with zero attached hydrogens (tertiary/aromatic N) is 1. The molecule has 0 saturated carbocycles. The fraction of sp³-hybridized carbons (Fsp3) is 0.158. The predicted octanol–water partition coefficient (Wildman–Crippen LogP) is 5.40. The maximum atomic E-state index is 12.8. The second kappa shape index (κ2) is 8.68. The van der Waals surface area contributed by atoms with Gasteiger partial charge in [0, 0.05) is 28.1 Å². The van der Waals surface area contributed by atoms with Gasteiger partial charge in [0.2, 0.25) is 0 Å². The van der Waals surface area contributed by atoms with Crippen molar-refractivity contribution in [2.75, 3.05) is 26.6 Å². The van der Waals surface area contributed by atoms with Gasteiger partial charge in [-0.15, -0.1) is 11.3 Å². The lowest BCUT2D eigenvalue weighted by Crippen LogP contribution is -2.13. The van der Waals surface area contributed by atoms with Crippen LogP contribution in [0.2, 0.25) is 10.0 Å². The van der Waals surface area contributed by atoms with Crippen molar-refractivity contribution in [3.05, 3.63) is 51.3 Å². The van der Waals surface area contributed by atoms with Crippen LogP contribution in [0, 0.1) is 0 Å². The van der Waals surface area contributed by atoms with E-state index in [4.69, 9.17) is 37.4 Å². The maximum absolute atomic E-state index is 12.8. The average molecular weight is 439 g/mol. The van der Waals surface area contributed by atoms with Crippen molar-refractivity contribution in [3.8, 4) is 28.5 Å². The Hall–Kier alpha value is -2.48. The molecule has 2 aromatic carbocycles. The van der Waals surface area contributed by atoms with E-state index in [0.717, 1.165) is 0 Å². The molecule has 1 aromatic heterocycles. The number of methoxy groups -OCH3 is 3. The third-order valence-electron chi connectivity index (χ3n) is 3.88. The third kappa shape index (κ3) is 4.16. The summed E-state index contributed by atoms with van der Waals surface area (Å²) in [5.41, 5.74) is 1.60. The third-order valence-corrected chi connectivity index (χ3v) is 5.20. The summed E-state index contributed by atoms with van der Waals surface area (Å²) in [6.07, 6.45) is 0. The van der Waals surface area contributed by atoms with Crippen LogP contribution in [0.15, 0.2) is 35.7 Å². The van der Waals surface area contributed by atoms with Gasteiger partial charge in [-0.3, -0.25) is 10.1 Å². The van der Waals surface area contributed by atoms with E-state index in [9.17, 15) is 4.79 Å². The van der Waals surface area contributed by atoms with Crippen molar-refractivity contribution in [3.63, 3.8) is 0 Å². The molecule has 146 valence electrons. The first-order chi connectivity index (χ1) is 13.5. The highest BCUT2D eigenvalue weighted by Crippen LogP contribution is 2.36. The number of hydrogen-bond donors (Lipinski definition) is 1. The van der Waals surface area contributed by atoms with E-state index in [2.05, 4.69) is 10.3 Å². The highest BCUT2D eigenvalue weighted by Gasteiger charge is 2.19. The maximum Gasteiger partial charge on any atom is 0.261 e. The van der Waals surface area contributed by atoms with Crippen molar-refractivity contribution in [2.45, 2.75) is 0 Å². The second-order valence-electron chi connectivity index (χ2n) is 5.52. The quantitative estimate of drug-likeness (QED) is 0.558. The van der Waals surface area contributed by atoms with E-state index in [1.807, 2.05) is 0 Å². The molecule has 0 aliphatic rings. The Balaban J connectivity index is 1.88. The molecule has 3 aromatic rings. The Morgan fingerprint density at radius 3 is 2.36 bits per heavy atom. The van der Waals surface area contributed by atoms with Crippen LogP contribution in [0.25, 0.3) is 11.3 Å². The number of rotatable bonds is 6. The summed E-state index contributed by atoms with van der Waals surface area (Å²) in [6, 6.07) is 8.27. The molecule has 0 fully saturated rings. The average Bonchev–Trinajstić information content (AvgIpc) is 3.16. The van der Waals surface area contributed by atoms with Crippen LogP contribution in [-0.2, 0) is 0 Å². The summed E-state index contributed by atoms with van der Waals surface area (Å²) in [6.45, 7) is 0. The minimum absolute atomic E-state index is 0.290. The molecular formula is C19H16Cl2N2O4S. The van der Waals surface area contributed by atoms with E-state index in [1.54, 1.807) is 35.7 Å². The SMILES string of the molecule is COc1cc(OC)c(C(=O)Nc2nc(-c3cc(Cl)ccc3Cl)cs2)cc1OC. The van der Waals surface area contributed by atoms with E-state index in [1.165, 1.54) is 32.7 Å². The monoisotopic (exact) mass is 438 g/mol. The van der Waals surface area contributed by atoms with Gasteiger partial charge in [-0.25, -0.2) is 4.98 Å². The number of amides is 1. The Labute approximate surface area is 176 Å². The molecule has 0 atom stereocenters. The number of thiazole rings is 1. The van der Waals surface area contributed by atoms with E-state index in [-0.39, 0.29) is 5.56 Å². The molecule has 9 heteroatoms. The summed E-state index contributed by atoms with van der Waals surface area (Å²) in [5, 5.41) is 6.03. The molecule has 6 nitrogen and oxygen atoms in total. The van der Waals surface area contributed by atoms with Gasteiger partial charge in [-0.2, -0.15) is 0 Å². The van der Waals surface area contributed by atoms with Crippen molar-refractivity contribution in [1.82, 2.24) is 4.98 Å². The van der Waals surface area contributed by atoms with Crippen molar-refractivity contribution in [1.29, 1.82) is 0 Å². The molecule has 0 aliphatic heterocycles. The van der Waals surface area contributed by atoms with Crippen molar-refractivity contribution in [2.24, 2.45) is 0 Å². The van der Waals surface area contributed by atoms with Gasteiger partial charge in [0.1, 0.15) is 5.75 Å². The molecule has 28 heavy (non-hydrogen) atoms. The smallest absolute Gasteiger partial charge is 0.261 e. The Kier molecular flexibility index (Phi) is 6.28. The molecule has 0 bridgehead atoms. The minimum Gasteiger partial charge on any atom is -0.496 e. The number of aromatic nitrogens is 1. The van der Waals surface area contributed by atoms with Crippen LogP contribution in [0.3, 0.4) is 0 Å². The number of anilines is 1. The highest BCUT2D eigenvalue weighted by atomic mass is 35.5. The number of nitrogens with one attached hydrogen (secondary N) is 1. The van der Waals surface area contributed by atoms with E-state index >= 15 is 0 Å². The van der Waals surface area contributed by atoms with E-state index in [0.29, 0.717) is 43.7 Å². The van der Waals surface area contributed by atoms with Crippen molar-refractivity contribution < 1.29 is 19.0 Å². The van der Waals surface area contributed by atoms with Crippen molar-refractivity contribution >= 4 is 45.6 Å². The van der Waals surface area contributed by atoms with Gasteiger partial charge >= 0.3 is 0 Å². The van der Waals surface area contributed by atoms with Crippen LogP contribution in [0.1, 0.15) is 10.4 Å². The fourth-order valence-electron chi connectivity index (χ4n) is 2.52. The Bertz CT molecular complexity index is 1020. The summed E-state index contributed by atoms with van der Waals surface area (Å²) < 4.78 is 15.8. The van der Waals surface area contributed by atoms with Gasteiger partial charge < -0.3 is 14.2 Å². The normalized spacial score (nSPS) is 10.5. The lowest BCUT2D eigenvalue weighted by molar-refractivity contribution is 0.102. The molecule has 0 saturated heterocycles. The first-order valence-corrected chi connectivity index (χ1v) is 9.62. The molecule has 1 heterocycles. The van der Waals surface area contributed by atoms with Gasteiger partial charge in [0.05, 0.1) is 37.6 Å². The van der Waals surface area contributed by atoms with E-state index < -0.39 is 5.91 Å². The summed E-state index contributed by atoms with van der Waals surface area (Å²) in [4.78, 5) is 17.2. The first-order valence-electron chi connectivity index (χ1n) is 7.99. The number of ether oxygens (including phenoxy) is 3. The fourth-order valence-corrected chi connectivity index (χ4v) is 3.61. The Morgan fingerprint density at radius 2 is 1.68 bits per heavy atom. The molecule has 3 rings (SSSR count). The molecule has 1 N–H and O–H groups in total. The summed E-state index contributed by atoms with van der Waals surface area (Å²) in [5.74, 6) is 0.836. The predicted molar refractivity (Wildman–Crippen MR) is 112 cm³/mol. The summed E-state index contributed by atoms with van der Waals surface area (Å²) in [7, 11) is 4.48. The van der Waals surface area contributed by atoms with Gasteiger partial charge in [-0.1, -0.05) is 23.2 Å². The van der Waals surface area contributed by atoms with Crippen LogP contribution in [0.5, 0.6) is 17.2 Å².